The summed E-state index contributed by atoms with van der Waals surface area (Å²) in [5.41, 5.74) is 4.92. The maximum atomic E-state index is 5.88. The highest BCUT2D eigenvalue weighted by atomic mass is 16.5. The zero-order valence-corrected chi connectivity index (χ0v) is 18.6. The Morgan fingerprint density at radius 2 is 1.09 bits per heavy atom. The maximum absolute atomic E-state index is 5.88. The molecule has 164 valence electrons. The molecule has 2 aromatic carbocycles. The van der Waals surface area contributed by atoms with Crippen LogP contribution in [-0.4, -0.2) is 26.3 Å². The predicted molar refractivity (Wildman–Crippen MR) is 130 cm³/mol. The minimum atomic E-state index is 0.681. The Bertz CT molecular complexity index is 1110. The number of anilines is 2. The summed E-state index contributed by atoms with van der Waals surface area (Å²) in [4.78, 5) is 0. The topological polar surface area (TPSA) is 41.0 Å². The summed E-state index contributed by atoms with van der Waals surface area (Å²) in [6, 6.07) is 21.7. The lowest BCUT2D eigenvalue weighted by molar-refractivity contribution is -0.675. The summed E-state index contributed by atoms with van der Waals surface area (Å²) < 4.78 is 10.7. The first-order valence-electron chi connectivity index (χ1n) is 11.8. The van der Waals surface area contributed by atoms with Gasteiger partial charge in [0.25, 0.3) is 0 Å². The third-order valence-corrected chi connectivity index (χ3v) is 6.27. The molecular formula is C27H32N4O+2. The summed E-state index contributed by atoms with van der Waals surface area (Å²) in [7, 11) is 0. The van der Waals surface area contributed by atoms with Gasteiger partial charge in [-0.25, -0.2) is 0 Å². The quantitative estimate of drug-likeness (QED) is 0.324. The van der Waals surface area contributed by atoms with Crippen LogP contribution < -0.4 is 19.8 Å². The van der Waals surface area contributed by atoms with E-state index in [0.717, 1.165) is 26.2 Å². The van der Waals surface area contributed by atoms with Crippen molar-refractivity contribution in [2.24, 2.45) is 0 Å². The van der Waals surface area contributed by atoms with Crippen molar-refractivity contribution < 1.29 is 13.9 Å². The molecule has 4 aromatic rings. The number of rotatable bonds is 0. The summed E-state index contributed by atoms with van der Waals surface area (Å²) in [6.45, 7) is 5.03. The summed E-state index contributed by atoms with van der Waals surface area (Å²) in [5, 5.41) is 9.66. The number of para-hydroxylation sites is 2. The van der Waals surface area contributed by atoms with Crippen molar-refractivity contribution in [2.45, 2.75) is 32.4 Å². The largest absolute Gasteiger partial charge is 0.382 e. The number of nitrogens with zero attached hydrogens (tertiary/aromatic N) is 2. The van der Waals surface area contributed by atoms with Gasteiger partial charge in [-0.3, -0.25) is 0 Å². The van der Waals surface area contributed by atoms with E-state index in [2.05, 4.69) is 92.8 Å². The van der Waals surface area contributed by atoms with Gasteiger partial charge in [0.05, 0.1) is 35.4 Å². The lowest BCUT2D eigenvalue weighted by Crippen LogP contribution is -2.36. The first-order valence-corrected chi connectivity index (χ1v) is 11.8. The van der Waals surface area contributed by atoms with Gasteiger partial charge in [0.1, 0.15) is 13.1 Å². The molecule has 2 aliphatic rings. The first kappa shape index (κ1) is 20.7. The van der Waals surface area contributed by atoms with E-state index in [1.807, 2.05) is 0 Å². The molecule has 5 heteroatoms. The molecule has 0 saturated heterocycles. The summed E-state index contributed by atoms with van der Waals surface area (Å²) in [6.07, 6.45) is 7.99. The van der Waals surface area contributed by atoms with Crippen LogP contribution in [0.2, 0.25) is 0 Å². The number of ether oxygens (including phenoxy) is 1. The van der Waals surface area contributed by atoms with Crippen LogP contribution in [-0.2, 0) is 17.8 Å². The van der Waals surface area contributed by atoms with Gasteiger partial charge in [0.15, 0.2) is 12.4 Å². The lowest BCUT2D eigenvalue weighted by atomic mass is 10.1. The van der Waals surface area contributed by atoms with Crippen molar-refractivity contribution in [3.63, 3.8) is 0 Å². The Morgan fingerprint density at radius 3 is 1.62 bits per heavy atom. The molecule has 32 heavy (non-hydrogen) atoms. The number of hydrogen-bond donors (Lipinski definition) is 2. The number of hydrogen-bond acceptors (Lipinski definition) is 3. The number of benzene rings is 2. The molecule has 0 unspecified atom stereocenters. The van der Waals surface area contributed by atoms with Crippen molar-refractivity contribution in [3.8, 4) is 0 Å². The monoisotopic (exact) mass is 428 g/mol. The normalized spacial score (nSPS) is 16.0. The van der Waals surface area contributed by atoms with Crippen molar-refractivity contribution >= 4 is 33.2 Å². The zero-order chi connectivity index (χ0) is 21.6. The average Bonchev–Trinajstić information content (AvgIpc) is 2.84. The fourth-order valence-electron chi connectivity index (χ4n) is 4.63. The van der Waals surface area contributed by atoms with E-state index >= 15 is 0 Å². The highest BCUT2D eigenvalue weighted by molar-refractivity contribution is 5.89. The Balaban J connectivity index is 1.38. The molecule has 5 nitrogen and oxygen atoms in total. The van der Waals surface area contributed by atoms with Gasteiger partial charge in [-0.1, -0.05) is 24.3 Å². The summed E-state index contributed by atoms with van der Waals surface area (Å²) >= 11 is 0. The first-order chi connectivity index (χ1) is 15.9. The fraction of sp³-hybridized carbons (Fsp3) is 0.333. The lowest BCUT2D eigenvalue weighted by Gasteiger charge is -2.12. The van der Waals surface area contributed by atoms with Crippen molar-refractivity contribution in [1.82, 2.24) is 0 Å². The van der Waals surface area contributed by atoms with Crippen molar-refractivity contribution in [1.29, 1.82) is 0 Å². The van der Waals surface area contributed by atoms with Gasteiger partial charge in [-0.05, 0) is 18.6 Å². The molecule has 0 aliphatic carbocycles. The molecule has 0 atom stereocenters. The molecule has 6 rings (SSSR count). The number of pyridine rings is 2. The van der Waals surface area contributed by atoms with E-state index in [1.54, 1.807) is 0 Å². The van der Waals surface area contributed by atoms with Crippen LogP contribution in [0.4, 0.5) is 11.4 Å². The van der Waals surface area contributed by atoms with Gasteiger partial charge in [0.2, 0.25) is 11.0 Å². The zero-order valence-electron chi connectivity index (χ0n) is 18.6. The van der Waals surface area contributed by atoms with Gasteiger partial charge in [-0.2, -0.15) is 9.13 Å². The predicted octanol–water partition coefficient (Wildman–Crippen LogP) is 4.29. The average molecular weight is 429 g/mol. The Labute approximate surface area is 189 Å². The Hall–Kier alpha value is -3.18. The minimum Gasteiger partial charge on any atom is -0.382 e. The standard InChI is InChI=1S/C27H30N4O/c1-6-16-30-18-12-24(22-8-2-4-10-26(22)30)28-14-20-32-21-15-29-25-13-19-31(17-7-1)27-11-5-3-9-23(25)27/h2-5,8-13,18-19H,1,6-7,14-17,20-21H2/p+2. The van der Waals surface area contributed by atoms with E-state index in [9.17, 15) is 0 Å². The number of nitrogens with one attached hydrogen (secondary N) is 2. The van der Waals surface area contributed by atoms with Crippen LogP contribution in [0.1, 0.15) is 19.3 Å². The van der Waals surface area contributed by atoms with E-state index in [4.69, 9.17) is 4.74 Å². The molecule has 4 bridgehead atoms. The fourth-order valence-corrected chi connectivity index (χ4v) is 4.63. The molecule has 2 aromatic heterocycles. The molecule has 0 radical (unpaired) electrons. The Morgan fingerprint density at radius 1 is 0.594 bits per heavy atom. The van der Waals surface area contributed by atoms with Crippen LogP contribution >= 0.6 is 0 Å². The molecular weight excluding hydrogens is 396 g/mol. The number of aromatic nitrogens is 2. The van der Waals surface area contributed by atoms with Crippen LogP contribution in [0.25, 0.3) is 21.8 Å². The minimum absolute atomic E-state index is 0.681. The molecule has 0 spiro atoms. The van der Waals surface area contributed by atoms with Crippen LogP contribution in [0.5, 0.6) is 0 Å². The van der Waals surface area contributed by atoms with Crippen LogP contribution in [0.3, 0.4) is 0 Å². The van der Waals surface area contributed by atoms with Crippen LogP contribution in [0.15, 0.2) is 73.1 Å². The van der Waals surface area contributed by atoms with E-state index in [-0.39, 0.29) is 0 Å². The van der Waals surface area contributed by atoms with Gasteiger partial charge >= 0.3 is 0 Å². The maximum Gasteiger partial charge on any atom is 0.214 e. The highest BCUT2D eigenvalue weighted by Gasteiger charge is 2.14. The van der Waals surface area contributed by atoms with E-state index in [0.29, 0.717) is 13.2 Å². The molecule has 2 N–H and O–H groups in total. The SMILES string of the molecule is c1ccc2c(c1)c1cc[n+]2CCCCC[n+]2ccc(c3ccccc32)NCCOCCN1. The third-order valence-electron chi connectivity index (χ3n) is 6.27. The smallest absolute Gasteiger partial charge is 0.214 e. The molecule has 2 aliphatic heterocycles. The second-order valence-corrected chi connectivity index (χ2v) is 8.41. The number of fused-ring (bicyclic) bond motifs is 12. The molecule has 0 saturated carbocycles. The van der Waals surface area contributed by atoms with Gasteiger partial charge in [0, 0.05) is 50.2 Å². The molecule has 4 heterocycles. The van der Waals surface area contributed by atoms with Crippen molar-refractivity contribution in [3.05, 3.63) is 73.1 Å². The Kier molecular flexibility index (Phi) is 6.45. The van der Waals surface area contributed by atoms with Crippen molar-refractivity contribution in [2.75, 3.05) is 36.9 Å². The molecule has 0 fully saturated rings. The highest BCUT2D eigenvalue weighted by Crippen LogP contribution is 2.21. The summed E-state index contributed by atoms with van der Waals surface area (Å²) in [5.74, 6) is 0. The third kappa shape index (κ3) is 4.53. The van der Waals surface area contributed by atoms with Crippen LogP contribution in [0, 0.1) is 0 Å². The van der Waals surface area contributed by atoms with Gasteiger partial charge < -0.3 is 15.4 Å². The second kappa shape index (κ2) is 9.96. The van der Waals surface area contributed by atoms with Gasteiger partial charge in [-0.15, -0.1) is 0 Å². The van der Waals surface area contributed by atoms with E-state index in [1.165, 1.54) is 52.4 Å². The molecule has 0 amide bonds. The second-order valence-electron chi connectivity index (χ2n) is 8.41. The number of aryl methyl sites for hydroxylation is 2. The van der Waals surface area contributed by atoms with E-state index < -0.39 is 0 Å².